The lowest BCUT2D eigenvalue weighted by Crippen LogP contribution is -2.20. The summed E-state index contributed by atoms with van der Waals surface area (Å²) in [7, 11) is 0. The number of rotatable bonds is 7. The molecule has 0 aliphatic heterocycles. The molecule has 29 heavy (non-hydrogen) atoms. The number of benzene rings is 2. The van der Waals surface area contributed by atoms with E-state index in [0.29, 0.717) is 27.0 Å². The van der Waals surface area contributed by atoms with Crippen molar-refractivity contribution >= 4 is 28.9 Å². The Hall–Kier alpha value is -3.26. The van der Waals surface area contributed by atoms with Crippen molar-refractivity contribution in [2.24, 2.45) is 0 Å². The molecule has 1 heterocycles. The second-order valence-corrected chi connectivity index (χ2v) is 7.34. The summed E-state index contributed by atoms with van der Waals surface area (Å²) in [5, 5.41) is 3.24. The van der Waals surface area contributed by atoms with Crippen LogP contribution >= 0.6 is 11.3 Å². The van der Waals surface area contributed by atoms with E-state index in [-0.39, 0.29) is 12.4 Å². The van der Waals surface area contributed by atoms with Gasteiger partial charge in [0, 0.05) is 5.69 Å². The zero-order valence-electron chi connectivity index (χ0n) is 15.9. The topological polar surface area (TPSA) is 77.5 Å². The maximum absolute atomic E-state index is 12.9. The van der Waals surface area contributed by atoms with E-state index in [9.17, 15) is 14.0 Å². The highest BCUT2D eigenvalue weighted by Crippen LogP contribution is 2.21. The molecule has 1 N–H and O–H groups in total. The van der Waals surface area contributed by atoms with E-state index in [1.165, 1.54) is 24.3 Å². The van der Waals surface area contributed by atoms with Crippen LogP contribution in [-0.2, 0) is 16.1 Å². The molecule has 0 spiro atoms. The summed E-state index contributed by atoms with van der Waals surface area (Å²) in [4.78, 5) is 28.8. The Morgan fingerprint density at radius 3 is 2.45 bits per heavy atom. The smallest absolute Gasteiger partial charge is 0.350 e. The Morgan fingerprint density at radius 2 is 1.76 bits per heavy atom. The van der Waals surface area contributed by atoms with Crippen molar-refractivity contribution in [2.45, 2.75) is 20.5 Å². The number of ether oxygens (including phenoxy) is 2. The monoisotopic (exact) mass is 414 g/mol. The van der Waals surface area contributed by atoms with Crippen LogP contribution < -0.4 is 10.1 Å². The average molecular weight is 414 g/mol. The number of esters is 1. The number of thiazole rings is 1. The number of hydrogen-bond donors (Lipinski definition) is 1. The summed E-state index contributed by atoms with van der Waals surface area (Å²) in [6.45, 7) is 3.37. The van der Waals surface area contributed by atoms with Gasteiger partial charge in [-0.2, -0.15) is 0 Å². The Labute approximate surface area is 171 Å². The number of amides is 1. The molecule has 2 aromatic carbocycles. The van der Waals surface area contributed by atoms with Gasteiger partial charge < -0.3 is 14.8 Å². The number of aryl methyl sites for hydroxylation is 2. The molecule has 0 unspecified atom stereocenters. The van der Waals surface area contributed by atoms with Gasteiger partial charge in [-0.3, -0.25) is 4.79 Å². The maximum atomic E-state index is 12.9. The zero-order valence-corrected chi connectivity index (χ0v) is 16.7. The zero-order chi connectivity index (χ0) is 20.8. The fourth-order valence-corrected chi connectivity index (χ4v) is 3.28. The van der Waals surface area contributed by atoms with Crippen molar-refractivity contribution in [2.75, 3.05) is 11.9 Å². The Kier molecular flexibility index (Phi) is 6.56. The van der Waals surface area contributed by atoms with Crippen molar-refractivity contribution < 1.29 is 23.5 Å². The number of hydrogen-bond acceptors (Lipinski definition) is 6. The highest BCUT2D eigenvalue weighted by molar-refractivity contribution is 7.13. The van der Waals surface area contributed by atoms with E-state index in [1.807, 2.05) is 19.1 Å². The molecule has 0 aliphatic rings. The summed E-state index contributed by atoms with van der Waals surface area (Å²) in [6.07, 6.45) is 0. The summed E-state index contributed by atoms with van der Waals surface area (Å²) in [5.41, 5.74) is 2.21. The van der Waals surface area contributed by atoms with Gasteiger partial charge in [0.15, 0.2) is 6.61 Å². The van der Waals surface area contributed by atoms with Crippen LogP contribution in [-0.4, -0.2) is 23.5 Å². The molecule has 0 atom stereocenters. The van der Waals surface area contributed by atoms with Crippen LogP contribution in [0.1, 0.15) is 25.9 Å². The Bertz CT molecular complexity index is 1000. The van der Waals surface area contributed by atoms with Crippen LogP contribution in [0.2, 0.25) is 0 Å². The highest BCUT2D eigenvalue weighted by Gasteiger charge is 2.18. The fraction of sp³-hybridized carbons (Fsp3) is 0.190. The molecular formula is C21H19FN2O4S. The number of carbonyl (C=O) groups excluding carboxylic acids is 2. The molecule has 1 amide bonds. The van der Waals surface area contributed by atoms with Crippen LogP contribution in [0.15, 0.2) is 48.5 Å². The molecule has 3 rings (SSSR count). The van der Waals surface area contributed by atoms with E-state index in [0.717, 1.165) is 16.9 Å². The minimum absolute atomic E-state index is 0.137. The molecule has 6 nitrogen and oxygen atoms in total. The average Bonchev–Trinajstić information content (AvgIpc) is 3.08. The van der Waals surface area contributed by atoms with Crippen molar-refractivity contribution in [3.63, 3.8) is 0 Å². The maximum Gasteiger partial charge on any atom is 0.350 e. The minimum Gasteiger partial charge on any atom is -0.486 e. The quantitative estimate of drug-likeness (QED) is 0.584. The standard InChI is InChI=1S/C21H19FN2O4S/c1-13-3-7-16(8-4-13)24-18(25)11-28-21(26)20-14(2)23-19(29-20)12-27-17-9-5-15(22)6-10-17/h3-10H,11-12H2,1-2H3,(H,24,25). The third-order valence-corrected chi connectivity index (χ3v) is 4.98. The second-order valence-electron chi connectivity index (χ2n) is 6.26. The molecule has 0 radical (unpaired) electrons. The van der Waals surface area contributed by atoms with Crippen molar-refractivity contribution in [1.29, 1.82) is 0 Å². The number of nitrogens with zero attached hydrogens (tertiary/aromatic N) is 1. The first-order chi connectivity index (χ1) is 13.9. The van der Waals surface area contributed by atoms with E-state index in [2.05, 4.69) is 10.3 Å². The van der Waals surface area contributed by atoms with Gasteiger partial charge in [0.1, 0.15) is 28.1 Å². The second kappa shape index (κ2) is 9.29. The number of carbonyl (C=O) groups is 2. The molecule has 1 aromatic heterocycles. The van der Waals surface area contributed by atoms with Crippen molar-refractivity contribution in [3.8, 4) is 5.75 Å². The normalized spacial score (nSPS) is 10.4. The number of nitrogens with one attached hydrogen (secondary N) is 1. The summed E-state index contributed by atoms with van der Waals surface area (Å²) in [5.74, 6) is -0.897. The molecule has 0 aliphatic carbocycles. The van der Waals surface area contributed by atoms with E-state index in [4.69, 9.17) is 9.47 Å². The van der Waals surface area contributed by atoms with Gasteiger partial charge in [-0.15, -0.1) is 11.3 Å². The molecule has 0 saturated carbocycles. The third kappa shape index (κ3) is 5.86. The van der Waals surface area contributed by atoms with Gasteiger partial charge in [-0.05, 0) is 50.2 Å². The van der Waals surface area contributed by atoms with Gasteiger partial charge in [0.2, 0.25) is 0 Å². The Balaban J connectivity index is 1.51. The van der Waals surface area contributed by atoms with E-state index >= 15 is 0 Å². The molecule has 0 saturated heterocycles. The van der Waals surface area contributed by atoms with Crippen LogP contribution in [0, 0.1) is 19.7 Å². The molecular weight excluding hydrogens is 395 g/mol. The predicted octanol–water partition coefficient (Wildman–Crippen LogP) is 4.27. The summed E-state index contributed by atoms with van der Waals surface area (Å²) in [6, 6.07) is 12.9. The van der Waals surface area contributed by atoms with Gasteiger partial charge in [0.25, 0.3) is 5.91 Å². The number of anilines is 1. The lowest BCUT2D eigenvalue weighted by molar-refractivity contribution is -0.119. The SMILES string of the molecule is Cc1ccc(NC(=O)COC(=O)c2sc(COc3ccc(F)cc3)nc2C)cc1. The lowest BCUT2D eigenvalue weighted by atomic mass is 10.2. The van der Waals surface area contributed by atoms with Crippen LogP contribution in [0.25, 0.3) is 0 Å². The van der Waals surface area contributed by atoms with Gasteiger partial charge in [0.05, 0.1) is 5.69 Å². The first-order valence-corrected chi connectivity index (χ1v) is 9.60. The molecule has 0 bridgehead atoms. The van der Waals surface area contributed by atoms with Gasteiger partial charge in [-0.25, -0.2) is 14.2 Å². The van der Waals surface area contributed by atoms with Crippen molar-refractivity contribution in [1.82, 2.24) is 4.98 Å². The molecule has 0 fully saturated rings. The van der Waals surface area contributed by atoms with Gasteiger partial charge in [-0.1, -0.05) is 17.7 Å². The molecule has 3 aromatic rings. The third-order valence-electron chi connectivity index (χ3n) is 3.87. The minimum atomic E-state index is -0.618. The fourth-order valence-electron chi connectivity index (χ4n) is 2.41. The van der Waals surface area contributed by atoms with Crippen LogP contribution in [0.4, 0.5) is 10.1 Å². The summed E-state index contributed by atoms with van der Waals surface area (Å²) >= 11 is 1.13. The predicted molar refractivity (Wildman–Crippen MR) is 108 cm³/mol. The summed E-state index contributed by atoms with van der Waals surface area (Å²) < 4.78 is 23.5. The lowest BCUT2D eigenvalue weighted by Gasteiger charge is -2.06. The van der Waals surface area contributed by atoms with Crippen LogP contribution in [0.5, 0.6) is 5.75 Å². The Morgan fingerprint density at radius 1 is 1.07 bits per heavy atom. The molecule has 150 valence electrons. The molecule has 8 heteroatoms. The number of aromatic nitrogens is 1. The van der Waals surface area contributed by atoms with E-state index in [1.54, 1.807) is 19.1 Å². The van der Waals surface area contributed by atoms with Gasteiger partial charge >= 0.3 is 5.97 Å². The highest BCUT2D eigenvalue weighted by atomic mass is 32.1. The van der Waals surface area contributed by atoms with Crippen molar-refractivity contribution in [3.05, 3.63) is 75.5 Å². The first kappa shape index (κ1) is 20.5. The van der Waals surface area contributed by atoms with Crippen LogP contribution in [0.3, 0.4) is 0 Å². The first-order valence-electron chi connectivity index (χ1n) is 8.79. The number of halogens is 1. The largest absolute Gasteiger partial charge is 0.486 e. The van der Waals surface area contributed by atoms with E-state index < -0.39 is 18.5 Å².